The summed E-state index contributed by atoms with van der Waals surface area (Å²) in [5, 5.41) is 32.0. The van der Waals surface area contributed by atoms with E-state index in [2.05, 4.69) is 26.2 Å². The van der Waals surface area contributed by atoms with Crippen LogP contribution in [-0.4, -0.2) is 58.9 Å². The first-order chi connectivity index (χ1) is 19.1. The first-order valence-electron chi connectivity index (χ1n) is 13.2. The van der Waals surface area contributed by atoms with Crippen LogP contribution < -0.4 is 27.0 Å². The molecule has 1 saturated heterocycles. The predicted octanol–water partition coefficient (Wildman–Crippen LogP) is 3.18. The number of carboxylic acid groups (broad SMARTS) is 2. The van der Waals surface area contributed by atoms with Gasteiger partial charge < -0.3 is 37.2 Å². The van der Waals surface area contributed by atoms with Crippen LogP contribution in [-0.2, 0) is 9.59 Å². The highest BCUT2D eigenvalue weighted by Gasteiger charge is 2.36. The maximum Gasteiger partial charge on any atom is 0.334 e. The minimum absolute atomic E-state index is 0.0526. The molecule has 2 aliphatic rings. The molecule has 212 valence electrons. The molecule has 2 heterocycles. The summed E-state index contributed by atoms with van der Waals surface area (Å²) in [7, 11) is 0. The van der Waals surface area contributed by atoms with Gasteiger partial charge in [-0.05, 0) is 55.7 Å². The minimum atomic E-state index is -1.21. The maximum absolute atomic E-state index is 13.2. The Bertz CT molecular complexity index is 1320. The molecule has 1 fully saturated rings. The van der Waals surface area contributed by atoms with Crippen molar-refractivity contribution < 1.29 is 24.6 Å². The largest absolute Gasteiger partial charge is 0.478 e. The Morgan fingerprint density at radius 1 is 1.02 bits per heavy atom. The third kappa shape index (κ3) is 6.11. The highest BCUT2D eigenvalue weighted by atomic mass is 16.4. The van der Waals surface area contributed by atoms with Crippen LogP contribution in [0.15, 0.2) is 71.1 Å². The summed E-state index contributed by atoms with van der Waals surface area (Å²) < 4.78 is 0. The fraction of sp³-hybridized carbons (Fsp3) is 0.345. The van der Waals surface area contributed by atoms with E-state index in [1.165, 1.54) is 0 Å². The average Bonchev–Trinajstić information content (AvgIpc) is 2.91. The number of nitrogens with one attached hydrogen (secondary N) is 4. The van der Waals surface area contributed by atoms with Crippen LogP contribution in [0.2, 0.25) is 0 Å². The van der Waals surface area contributed by atoms with Gasteiger partial charge in [0.25, 0.3) is 0 Å². The van der Waals surface area contributed by atoms with Crippen molar-refractivity contribution in [3.05, 3.63) is 82.2 Å². The molecule has 4 rings (SSSR count). The number of nitrogens with zero attached hydrogens (tertiary/aromatic N) is 1. The van der Waals surface area contributed by atoms with E-state index in [0.29, 0.717) is 34.8 Å². The number of piperazine rings is 1. The normalized spacial score (nSPS) is 19.1. The van der Waals surface area contributed by atoms with E-state index in [1.54, 1.807) is 38.1 Å². The maximum atomic E-state index is 13.2. The third-order valence-corrected chi connectivity index (χ3v) is 7.39. The zero-order chi connectivity index (χ0) is 29.0. The van der Waals surface area contributed by atoms with Gasteiger partial charge in [0.2, 0.25) is 0 Å². The number of urea groups is 1. The lowest BCUT2D eigenvalue weighted by Crippen LogP contribution is -2.56. The number of carbonyl (C=O) groups is 3. The predicted molar refractivity (Wildman–Crippen MR) is 152 cm³/mol. The second kappa shape index (κ2) is 12.2. The number of nitrogens with two attached hydrogens (primary N) is 1. The van der Waals surface area contributed by atoms with Crippen LogP contribution in [0.25, 0.3) is 0 Å². The van der Waals surface area contributed by atoms with Crippen LogP contribution in [0.4, 0.5) is 16.2 Å². The molecule has 8 N–H and O–H groups in total. The molecule has 2 atom stereocenters. The molecular formula is C29H36N6O5. The highest BCUT2D eigenvalue weighted by Crippen LogP contribution is 2.39. The van der Waals surface area contributed by atoms with E-state index >= 15 is 0 Å². The van der Waals surface area contributed by atoms with Crippen LogP contribution in [0.1, 0.15) is 50.3 Å². The third-order valence-electron chi connectivity index (χ3n) is 7.39. The van der Waals surface area contributed by atoms with Crippen molar-refractivity contribution in [3.8, 4) is 0 Å². The second-order valence-corrected chi connectivity index (χ2v) is 10.0. The van der Waals surface area contributed by atoms with Gasteiger partial charge >= 0.3 is 18.0 Å². The van der Waals surface area contributed by atoms with Crippen LogP contribution in [0.5, 0.6) is 0 Å². The van der Waals surface area contributed by atoms with Gasteiger partial charge in [0.15, 0.2) is 0 Å². The topological polar surface area (TPSA) is 169 Å². The van der Waals surface area contributed by atoms with E-state index < -0.39 is 23.9 Å². The number of allylic oxidation sites excluding steroid dienone is 2. The van der Waals surface area contributed by atoms with Crippen molar-refractivity contribution in [2.75, 3.05) is 30.7 Å². The smallest absolute Gasteiger partial charge is 0.334 e. The van der Waals surface area contributed by atoms with E-state index in [4.69, 9.17) is 5.73 Å². The van der Waals surface area contributed by atoms with Crippen LogP contribution >= 0.6 is 0 Å². The number of hydrogen-bond donors (Lipinski definition) is 7. The Morgan fingerprint density at radius 2 is 1.68 bits per heavy atom. The average molecular weight is 549 g/mol. The summed E-state index contributed by atoms with van der Waals surface area (Å²) in [6.45, 7) is 7.49. The molecule has 0 bridgehead atoms. The number of aliphatic carboxylic acids is 2. The van der Waals surface area contributed by atoms with Gasteiger partial charge in [0.1, 0.15) is 0 Å². The Morgan fingerprint density at radius 3 is 2.27 bits per heavy atom. The summed E-state index contributed by atoms with van der Waals surface area (Å²) in [5.41, 5.74) is 9.17. The summed E-state index contributed by atoms with van der Waals surface area (Å²) in [5.74, 6) is -3.43. The molecule has 2 aliphatic heterocycles. The van der Waals surface area contributed by atoms with Crippen molar-refractivity contribution in [1.82, 2.24) is 20.9 Å². The van der Waals surface area contributed by atoms with Crippen molar-refractivity contribution >= 4 is 29.3 Å². The summed E-state index contributed by atoms with van der Waals surface area (Å²) in [4.78, 5) is 39.7. The number of hydrogen-bond acceptors (Lipinski definition) is 7. The molecule has 2 aromatic rings. The van der Waals surface area contributed by atoms with E-state index in [1.807, 2.05) is 31.2 Å². The monoisotopic (exact) mass is 548 g/mol. The van der Waals surface area contributed by atoms with Gasteiger partial charge in [-0.2, -0.15) is 0 Å². The van der Waals surface area contributed by atoms with Crippen LogP contribution in [0.3, 0.4) is 0 Å². The van der Waals surface area contributed by atoms with Gasteiger partial charge in [-0.15, -0.1) is 0 Å². The Hall–Kier alpha value is -4.35. The number of amides is 2. The lowest BCUT2D eigenvalue weighted by molar-refractivity contribution is -0.133. The Labute approximate surface area is 233 Å². The molecule has 0 radical (unpaired) electrons. The van der Waals surface area contributed by atoms with E-state index in [0.717, 1.165) is 25.2 Å². The fourth-order valence-electron chi connectivity index (χ4n) is 5.55. The van der Waals surface area contributed by atoms with Crippen molar-refractivity contribution in [3.63, 3.8) is 0 Å². The number of anilines is 2. The summed E-state index contributed by atoms with van der Waals surface area (Å²) >= 11 is 0. The highest BCUT2D eigenvalue weighted by molar-refractivity contribution is 5.98. The molecule has 0 aromatic heterocycles. The zero-order valence-electron chi connectivity index (χ0n) is 22.8. The molecule has 0 aliphatic carbocycles. The molecule has 0 saturated carbocycles. The molecule has 2 amide bonds. The van der Waals surface area contributed by atoms with Gasteiger partial charge in [-0.25, -0.2) is 14.4 Å². The molecule has 11 nitrogen and oxygen atoms in total. The molecule has 2 unspecified atom stereocenters. The Balaban J connectivity index is 1.54. The molecule has 0 spiro atoms. The number of nitrogen functional groups attached to an aromatic ring is 1. The minimum Gasteiger partial charge on any atom is -0.478 e. The quantitative estimate of drug-likeness (QED) is 0.245. The van der Waals surface area contributed by atoms with Gasteiger partial charge in [-0.1, -0.05) is 31.2 Å². The number of rotatable bonds is 8. The lowest BCUT2D eigenvalue weighted by atomic mass is 9.80. The molecule has 2 aromatic carbocycles. The van der Waals surface area contributed by atoms with Crippen molar-refractivity contribution in [1.29, 1.82) is 0 Å². The first-order valence-corrected chi connectivity index (χ1v) is 13.2. The van der Waals surface area contributed by atoms with Crippen molar-refractivity contribution in [2.24, 2.45) is 0 Å². The summed E-state index contributed by atoms with van der Waals surface area (Å²) in [6.07, 6.45) is 0.428. The number of benzene rings is 2. The van der Waals surface area contributed by atoms with Gasteiger partial charge in [-0.3, -0.25) is 4.90 Å². The van der Waals surface area contributed by atoms with Crippen LogP contribution in [0, 0.1) is 0 Å². The lowest BCUT2D eigenvalue weighted by Gasteiger charge is -2.41. The number of dihydropyridines is 1. The Kier molecular flexibility index (Phi) is 8.76. The SMILES string of the molecule is CCC(NC(=O)Nc1cccc(C2C(C(=O)O)=C(C)NC(C)=C2C(=O)O)c1)N1CCNCC1c1ccc(N)cc1. The van der Waals surface area contributed by atoms with Gasteiger partial charge in [0, 0.05) is 48.4 Å². The standard InChI is InChI=1S/C29H36N6O5/c1-4-23(35-13-12-31-15-22(35)18-8-10-20(30)11-9-18)34-29(40)33-21-7-5-6-19(14-21)26-24(27(36)37)16(2)32-17(3)25(26)28(38)39/h5-11,14,22-23,26,31-32H,4,12-13,15,30H2,1-3H3,(H,36,37)(H,38,39)(H2,33,34,40). The van der Waals surface area contributed by atoms with E-state index in [9.17, 15) is 24.6 Å². The molecular weight excluding hydrogens is 512 g/mol. The first kappa shape index (κ1) is 28.7. The van der Waals surface area contributed by atoms with E-state index in [-0.39, 0.29) is 23.4 Å². The second-order valence-electron chi connectivity index (χ2n) is 10.0. The molecule has 11 heteroatoms. The number of carboxylic acids is 2. The molecule has 40 heavy (non-hydrogen) atoms. The zero-order valence-corrected chi connectivity index (χ0v) is 22.8. The van der Waals surface area contributed by atoms with Gasteiger partial charge in [0.05, 0.1) is 23.2 Å². The number of carbonyl (C=O) groups excluding carboxylic acids is 1. The summed E-state index contributed by atoms with van der Waals surface area (Å²) in [6, 6.07) is 14.0. The van der Waals surface area contributed by atoms with Crippen molar-refractivity contribution in [2.45, 2.75) is 45.3 Å². The fourth-order valence-corrected chi connectivity index (χ4v) is 5.55.